The van der Waals surface area contributed by atoms with Crippen LogP contribution in [0.25, 0.3) is 11.3 Å². The van der Waals surface area contributed by atoms with Crippen LogP contribution in [0, 0.1) is 0 Å². The van der Waals surface area contributed by atoms with Gasteiger partial charge in [0.05, 0.1) is 24.5 Å². The van der Waals surface area contributed by atoms with Crippen LogP contribution in [0.2, 0.25) is 0 Å². The van der Waals surface area contributed by atoms with E-state index in [0.29, 0.717) is 35.8 Å². The number of pyridine rings is 1. The third-order valence-electron chi connectivity index (χ3n) is 3.39. The summed E-state index contributed by atoms with van der Waals surface area (Å²) in [5.41, 5.74) is 7.31. The highest BCUT2D eigenvalue weighted by molar-refractivity contribution is 5.99. The molecule has 1 amide bonds. The Morgan fingerprint density at radius 1 is 1.33 bits per heavy atom. The maximum atomic E-state index is 11.7. The number of carbonyl (C=O) groups is 1. The second-order valence-corrected chi connectivity index (χ2v) is 4.89. The van der Waals surface area contributed by atoms with Crippen molar-refractivity contribution < 1.29 is 14.3 Å². The molecule has 5 nitrogen and oxygen atoms in total. The molecule has 2 N–H and O–H groups in total. The molecule has 0 spiro atoms. The molecule has 3 rings (SSSR count). The molecule has 0 radical (unpaired) electrons. The zero-order chi connectivity index (χ0) is 14.7. The molecule has 1 aliphatic rings. The Balaban J connectivity index is 1.93. The number of ether oxygens (including phenoxy) is 2. The van der Waals surface area contributed by atoms with Gasteiger partial charge in [0, 0.05) is 18.2 Å². The Kier molecular flexibility index (Phi) is 3.83. The van der Waals surface area contributed by atoms with Gasteiger partial charge in [-0.2, -0.15) is 0 Å². The molecule has 1 atom stereocenters. The summed E-state index contributed by atoms with van der Waals surface area (Å²) in [4.78, 5) is 16.0. The van der Waals surface area contributed by atoms with Gasteiger partial charge in [-0.25, -0.2) is 0 Å². The largest absolute Gasteiger partial charge is 0.488 e. The maximum Gasteiger partial charge on any atom is 0.249 e. The van der Waals surface area contributed by atoms with E-state index in [1.807, 2.05) is 30.3 Å². The number of aromatic nitrogens is 1. The first kappa shape index (κ1) is 13.6. The van der Waals surface area contributed by atoms with Gasteiger partial charge in [0.2, 0.25) is 5.91 Å². The van der Waals surface area contributed by atoms with Gasteiger partial charge in [0.15, 0.2) is 0 Å². The van der Waals surface area contributed by atoms with Crippen molar-refractivity contribution in [3.63, 3.8) is 0 Å². The first-order valence-corrected chi connectivity index (χ1v) is 6.83. The predicted octanol–water partition coefficient (Wildman–Crippen LogP) is 2.02. The highest BCUT2D eigenvalue weighted by Gasteiger charge is 2.19. The molecule has 1 aliphatic heterocycles. The summed E-state index contributed by atoms with van der Waals surface area (Å²) in [6.45, 7) is 1.28. The minimum atomic E-state index is -0.497. The van der Waals surface area contributed by atoms with Crippen molar-refractivity contribution in [1.29, 1.82) is 0 Å². The van der Waals surface area contributed by atoms with E-state index in [0.717, 1.165) is 6.42 Å². The number of primary amides is 1. The standard InChI is InChI=1S/C16H16N2O3/c17-16(19)14-9-11(21-12-6-8-20-10-12)4-5-13(14)15-3-1-2-7-18-15/h1-5,7,9,12H,6,8,10H2,(H2,17,19)/t12-/m0/s1. The van der Waals surface area contributed by atoms with E-state index < -0.39 is 5.91 Å². The van der Waals surface area contributed by atoms with Crippen molar-refractivity contribution >= 4 is 5.91 Å². The van der Waals surface area contributed by atoms with Gasteiger partial charge in [-0.1, -0.05) is 6.07 Å². The molecule has 5 heteroatoms. The Bertz CT molecular complexity index is 637. The summed E-state index contributed by atoms with van der Waals surface area (Å²) < 4.78 is 11.1. The van der Waals surface area contributed by atoms with Crippen molar-refractivity contribution in [2.45, 2.75) is 12.5 Å². The molecule has 2 aromatic rings. The van der Waals surface area contributed by atoms with E-state index in [-0.39, 0.29) is 6.10 Å². The number of nitrogens with zero attached hydrogens (tertiary/aromatic N) is 1. The smallest absolute Gasteiger partial charge is 0.249 e. The average molecular weight is 284 g/mol. The van der Waals surface area contributed by atoms with Crippen LogP contribution in [-0.2, 0) is 4.74 Å². The Labute approximate surface area is 122 Å². The second-order valence-electron chi connectivity index (χ2n) is 4.89. The number of hydrogen-bond acceptors (Lipinski definition) is 4. The molecule has 21 heavy (non-hydrogen) atoms. The molecular formula is C16H16N2O3. The van der Waals surface area contributed by atoms with Gasteiger partial charge >= 0.3 is 0 Å². The molecule has 1 aromatic carbocycles. The van der Waals surface area contributed by atoms with Crippen molar-refractivity contribution in [3.05, 3.63) is 48.2 Å². The number of rotatable bonds is 4. The molecule has 0 saturated carbocycles. The Morgan fingerprint density at radius 3 is 2.90 bits per heavy atom. The molecule has 0 bridgehead atoms. The van der Waals surface area contributed by atoms with Crippen molar-refractivity contribution in [2.75, 3.05) is 13.2 Å². The van der Waals surface area contributed by atoms with Crippen LogP contribution >= 0.6 is 0 Å². The molecular weight excluding hydrogens is 268 g/mol. The number of benzene rings is 1. The summed E-state index contributed by atoms with van der Waals surface area (Å²) in [6.07, 6.45) is 2.57. The average Bonchev–Trinajstić information content (AvgIpc) is 3.01. The second kappa shape index (κ2) is 5.93. The van der Waals surface area contributed by atoms with Gasteiger partial charge < -0.3 is 15.2 Å². The lowest BCUT2D eigenvalue weighted by atomic mass is 10.0. The van der Waals surface area contributed by atoms with Crippen LogP contribution in [0.5, 0.6) is 5.75 Å². The predicted molar refractivity (Wildman–Crippen MR) is 78.0 cm³/mol. The summed E-state index contributed by atoms with van der Waals surface area (Å²) in [5, 5.41) is 0. The minimum Gasteiger partial charge on any atom is -0.488 e. The highest BCUT2D eigenvalue weighted by Crippen LogP contribution is 2.27. The van der Waals surface area contributed by atoms with E-state index in [4.69, 9.17) is 15.2 Å². The lowest BCUT2D eigenvalue weighted by Crippen LogP contribution is -2.17. The molecule has 0 aliphatic carbocycles. The van der Waals surface area contributed by atoms with E-state index in [2.05, 4.69) is 4.98 Å². The monoisotopic (exact) mass is 284 g/mol. The SMILES string of the molecule is NC(=O)c1cc(O[C@H]2CCOC2)ccc1-c1ccccn1. The number of nitrogens with two attached hydrogens (primary N) is 1. The zero-order valence-corrected chi connectivity index (χ0v) is 11.5. The first-order valence-electron chi connectivity index (χ1n) is 6.83. The number of amides is 1. The summed E-state index contributed by atoms with van der Waals surface area (Å²) >= 11 is 0. The third-order valence-corrected chi connectivity index (χ3v) is 3.39. The molecule has 1 saturated heterocycles. The van der Waals surface area contributed by atoms with Crippen molar-refractivity contribution in [3.8, 4) is 17.0 Å². The van der Waals surface area contributed by atoms with Crippen LogP contribution in [0.1, 0.15) is 16.8 Å². The Morgan fingerprint density at radius 2 is 2.24 bits per heavy atom. The minimum absolute atomic E-state index is 0.0337. The quantitative estimate of drug-likeness (QED) is 0.932. The lowest BCUT2D eigenvalue weighted by Gasteiger charge is -2.14. The molecule has 1 aromatic heterocycles. The van der Waals surface area contributed by atoms with Crippen LogP contribution < -0.4 is 10.5 Å². The zero-order valence-electron chi connectivity index (χ0n) is 11.5. The van der Waals surface area contributed by atoms with E-state index in [1.165, 1.54) is 0 Å². The van der Waals surface area contributed by atoms with E-state index in [9.17, 15) is 4.79 Å². The third kappa shape index (κ3) is 3.03. The van der Waals surface area contributed by atoms with Gasteiger partial charge in [0.25, 0.3) is 0 Å². The number of hydrogen-bond donors (Lipinski definition) is 1. The summed E-state index contributed by atoms with van der Waals surface area (Å²) in [6, 6.07) is 10.8. The molecule has 1 fully saturated rings. The molecule has 108 valence electrons. The molecule has 2 heterocycles. The van der Waals surface area contributed by atoms with Gasteiger partial charge in [-0.05, 0) is 30.3 Å². The van der Waals surface area contributed by atoms with Crippen LogP contribution in [0.3, 0.4) is 0 Å². The fourth-order valence-electron chi connectivity index (χ4n) is 2.34. The van der Waals surface area contributed by atoms with Crippen molar-refractivity contribution in [1.82, 2.24) is 4.98 Å². The highest BCUT2D eigenvalue weighted by atomic mass is 16.5. The van der Waals surface area contributed by atoms with E-state index in [1.54, 1.807) is 12.3 Å². The van der Waals surface area contributed by atoms with Gasteiger partial charge in [-0.15, -0.1) is 0 Å². The van der Waals surface area contributed by atoms with Crippen LogP contribution in [0.15, 0.2) is 42.6 Å². The Hall–Kier alpha value is -2.40. The fraction of sp³-hybridized carbons (Fsp3) is 0.250. The maximum absolute atomic E-state index is 11.7. The van der Waals surface area contributed by atoms with Gasteiger partial charge in [0.1, 0.15) is 11.9 Å². The van der Waals surface area contributed by atoms with Gasteiger partial charge in [-0.3, -0.25) is 9.78 Å². The topological polar surface area (TPSA) is 74.4 Å². The fourth-order valence-corrected chi connectivity index (χ4v) is 2.34. The summed E-state index contributed by atoms with van der Waals surface area (Å²) in [7, 11) is 0. The van der Waals surface area contributed by atoms with Crippen LogP contribution in [-0.4, -0.2) is 30.2 Å². The van der Waals surface area contributed by atoms with Crippen molar-refractivity contribution in [2.24, 2.45) is 5.73 Å². The van der Waals surface area contributed by atoms with E-state index >= 15 is 0 Å². The molecule has 0 unspecified atom stereocenters. The number of carbonyl (C=O) groups excluding carboxylic acids is 1. The lowest BCUT2D eigenvalue weighted by molar-refractivity contribution is 0.0999. The van der Waals surface area contributed by atoms with Crippen LogP contribution in [0.4, 0.5) is 0 Å². The summed E-state index contributed by atoms with van der Waals surface area (Å²) in [5.74, 6) is 0.128. The first-order chi connectivity index (χ1) is 10.2. The normalized spacial score (nSPS) is 17.6.